The summed E-state index contributed by atoms with van der Waals surface area (Å²) in [5.41, 5.74) is -4.21. The Hall–Kier alpha value is -2.72. The summed E-state index contributed by atoms with van der Waals surface area (Å²) in [6.07, 6.45) is 0.994. The van der Waals surface area contributed by atoms with Crippen LogP contribution in [0.3, 0.4) is 0 Å². The summed E-state index contributed by atoms with van der Waals surface area (Å²) in [5, 5.41) is 0. The molecule has 38 heavy (non-hydrogen) atoms. The Labute approximate surface area is 219 Å². The Morgan fingerprint density at radius 1 is 1.08 bits per heavy atom. The monoisotopic (exact) mass is 528 g/mol. The molecule has 0 N–H and O–H groups in total. The number of cyclic esters (lactones) is 2. The summed E-state index contributed by atoms with van der Waals surface area (Å²) in [6.45, 7) is 8.93. The SMILES string of the molecule is CC(=O)O[C@H]1C(=O)[C@]2(C)[C@H](CC[C@]3(C)[C@H](c4ccoc4)OC(=O)[C@@H]4O[C@]432)[C@]23COC(=O)C[C@@H]2OC(C)(C)[C@H]13. The zero-order valence-electron chi connectivity index (χ0n) is 22.1. The van der Waals surface area contributed by atoms with Crippen LogP contribution in [0.4, 0.5) is 0 Å². The Balaban J connectivity index is 1.45. The molecule has 4 aliphatic heterocycles. The van der Waals surface area contributed by atoms with E-state index >= 15 is 0 Å². The van der Waals surface area contributed by atoms with Gasteiger partial charge in [-0.05, 0) is 45.6 Å². The molecule has 5 heterocycles. The van der Waals surface area contributed by atoms with E-state index in [1.807, 2.05) is 27.7 Å². The van der Waals surface area contributed by atoms with Crippen LogP contribution in [0.2, 0.25) is 0 Å². The molecule has 1 aromatic rings. The van der Waals surface area contributed by atoms with Crippen molar-refractivity contribution < 1.29 is 47.3 Å². The van der Waals surface area contributed by atoms with Crippen molar-refractivity contribution in [3.63, 3.8) is 0 Å². The summed E-state index contributed by atoms with van der Waals surface area (Å²) in [6, 6.07) is 1.76. The number of Topliss-reactive ketones (excluding diaryl/α,β-unsaturated/α-hetero) is 1. The van der Waals surface area contributed by atoms with Crippen molar-refractivity contribution in [2.45, 2.75) is 89.5 Å². The second-order valence-electron chi connectivity index (χ2n) is 12.9. The van der Waals surface area contributed by atoms with Crippen molar-refractivity contribution in [1.29, 1.82) is 0 Å². The molecule has 10 nitrogen and oxygen atoms in total. The van der Waals surface area contributed by atoms with Crippen LogP contribution in [0.25, 0.3) is 0 Å². The Morgan fingerprint density at radius 3 is 2.53 bits per heavy atom. The maximum absolute atomic E-state index is 14.8. The predicted octanol–water partition coefficient (Wildman–Crippen LogP) is 2.68. The number of ether oxygens (including phenoxy) is 5. The number of hydrogen-bond donors (Lipinski definition) is 0. The van der Waals surface area contributed by atoms with Crippen LogP contribution in [-0.2, 0) is 42.9 Å². The molecule has 6 aliphatic rings. The zero-order valence-corrected chi connectivity index (χ0v) is 22.1. The third-order valence-corrected chi connectivity index (χ3v) is 11.0. The molecule has 2 spiro atoms. The Kier molecular flexibility index (Phi) is 4.53. The fourth-order valence-electron chi connectivity index (χ4n) is 9.78. The van der Waals surface area contributed by atoms with Crippen LogP contribution < -0.4 is 0 Å². The molecule has 10 heteroatoms. The second-order valence-corrected chi connectivity index (χ2v) is 12.9. The largest absolute Gasteiger partial charge is 0.472 e. The molecule has 7 rings (SSSR count). The van der Waals surface area contributed by atoms with Crippen molar-refractivity contribution in [2.75, 3.05) is 6.61 Å². The minimum Gasteiger partial charge on any atom is -0.472 e. The number of rotatable bonds is 2. The van der Waals surface area contributed by atoms with Gasteiger partial charge in [0.05, 0.1) is 36.1 Å². The van der Waals surface area contributed by atoms with Gasteiger partial charge in [0.15, 0.2) is 18.0 Å². The first-order valence-electron chi connectivity index (χ1n) is 13.3. The van der Waals surface area contributed by atoms with E-state index in [1.165, 1.54) is 13.2 Å². The van der Waals surface area contributed by atoms with Crippen LogP contribution in [-0.4, -0.2) is 59.8 Å². The molecule has 0 unspecified atom stereocenters. The lowest BCUT2D eigenvalue weighted by molar-refractivity contribution is -0.240. The molecule has 0 radical (unpaired) electrons. The quantitative estimate of drug-likeness (QED) is 0.321. The van der Waals surface area contributed by atoms with Gasteiger partial charge in [0, 0.05) is 29.2 Å². The van der Waals surface area contributed by atoms with Gasteiger partial charge in [0.2, 0.25) is 0 Å². The van der Waals surface area contributed by atoms with Gasteiger partial charge in [-0.2, -0.15) is 0 Å². The molecular formula is C28H32O10. The zero-order chi connectivity index (χ0) is 27.0. The Bertz CT molecular complexity index is 1270. The summed E-state index contributed by atoms with van der Waals surface area (Å²) in [5.74, 6) is -2.65. The molecule has 6 fully saturated rings. The molecule has 2 saturated carbocycles. The minimum absolute atomic E-state index is 0.0434. The van der Waals surface area contributed by atoms with Gasteiger partial charge in [-0.15, -0.1) is 0 Å². The summed E-state index contributed by atoms with van der Waals surface area (Å²) in [7, 11) is 0. The number of esters is 3. The summed E-state index contributed by atoms with van der Waals surface area (Å²) >= 11 is 0. The highest BCUT2D eigenvalue weighted by Gasteiger charge is 2.91. The average molecular weight is 529 g/mol. The van der Waals surface area contributed by atoms with E-state index in [4.69, 9.17) is 28.1 Å². The van der Waals surface area contributed by atoms with Gasteiger partial charge in [0.25, 0.3) is 0 Å². The maximum atomic E-state index is 14.8. The second kappa shape index (κ2) is 7.07. The van der Waals surface area contributed by atoms with E-state index in [9.17, 15) is 19.2 Å². The van der Waals surface area contributed by atoms with Gasteiger partial charge in [-0.1, -0.05) is 6.92 Å². The Morgan fingerprint density at radius 2 is 1.84 bits per heavy atom. The smallest absolute Gasteiger partial charge is 0.339 e. The standard InChI is InChI=1S/C28H32O10/c1-13(29)35-18-19-24(2,3)37-16-10-17(30)34-12-27(16,19)15-6-8-25(4)21(14-7-9-33-11-14)36-23(32)22-28(25,38-22)26(15,5)20(18)31/h7,9,11,15-16,18-19,21-22H,6,8,10,12H2,1-5H3/t15-,16-,18+,19-,21-,22-,25+,26-,27+,28+/m0/s1. The van der Waals surface area contributed by atoms with E-state index in [-0.39, 0.29) is 30.7 Å². The van der Waals surface area contributed by atoms with Crippen LogP contribution in [0.5, 0.6) is 0 Å². The van der Waals surface area contributed by atoms with Crippen LogP contribution in [0.1, 0.15) is 65.5 Å². The van der Waals surface area contributed by atoms with Crippen molar-refractivity contribution in [3.05, 3.63) is 24.2 Å². The highest BCUT2D eigenvalue weighted by atomic mass is 16.7. The number of carbonyl (C=O) groups is 4. The number of carbonyl (C=O) groups excluding carboxylic acids is 4. The number of fused-ring (bicyclic) bond motifs is 1. The fraction of sp³-hybridized carbons (Fsp3) is 0.714. The van der Waals surface area contributed by atoms with Gasteiger partial charge in [0.1, 0.15) is 18.3 Å². The fourth-order valence-corrected chi connectivity index (χ4v) is 9.78. The van der Waals surface area contributed by atoms with Gasteiger partial charge in [-0.3, -0.25) is 14.4 Å². The van der Waals surface area contributed by atoms with Crippen LogP contribution in [0, 0.1) is 28.1 Å². The molecule has 1 aromatic heterocycles. The predicted molar refractivity (Wildman–Crippen MR) is 125 cm³/mol. The first-order valence-corrected chi connectivity index (χ1v) is 13.3. The number of epoxide rings is 1. The van der Waals surface area contributed by atoms with Gasteiger partial charge in [-0.25, -0.2) is 4.79 Å². The lowest BCUT2D eigenvalue weighted by atomic mass is 9.36. The lowest BCUT2D eigenvalue weighted by Gasteiger charge is -2.65. The molecule has 204 valence electrons. The lowest BCUT2D eigenvalue weighted by Crippen LogP contribution is -2.76. The topological polar surface area (TPSA) is 131 Å². The number of hydrogen-bond acceptors (Lipinski definition) is 10. The van der Waals surface area contributed by atoms with Crippen molar-refractivity contribution >= 4 is 23.7 Å². The van der Waals surface area contributed by atoms with Crippen molar-refractivity contribution in [1.82, 2.24) is 0 Å². The van der Waals surface area contributed by atoms with Crippen LogP contribution in [0.15, 0.2) is 23.0 Å². The first kappa shape index (κ1) is 24.3. The van der Waals surface area contributed by atoms with Crippen molar-refractivity contribution in [2.24, 2.45) is 28.1 Å². The first-order chi connectivity index (χ1) is 17.8. The third-order valence-electron chi connectivity index (χ3n) is 11.0. The van der Waals surface area contributed by atoms with Crippen LogP contribution >= 0.6 is 0 Å². The minimum atomic E-state index is -1.26. The highest BCUT2D eigenvalue weighted by molar-refractivity contribution is 5.97. The summed E-state index contributed by atoms with van der Waals surface area (Å²) < 4.78 is 35.7. The van der Waals surface area contributed by atoms with Crippen molar-refractivity contribution in [3.8, 4) is 0 Å². The third kappa shape index (κ3) is 2.48. The van der Waals surface area contributed by atoms with E-state index < -0.39 is 69.7 Å². The van der Waals surface area contributed by atoms with E-state index in [1.54, 1.807) is 12.3 Å². The average Bonchev–Trinajstić information content (AvgIpc) is 3.31. The van der Waals surface area contributed by atoms with E-state index in [0.29, 0.717) is 18.4 Å². The van der Waals surface area contributed by atoms with Gasteiger partial charge < -0.3 is 28.1 Å². The molecule has 0 bridgehead atoms. The molecule has 2 aliphatic carbocycles. The molecule has 4 saturated heterocycles. The molecule has 0 amide bonds. The number of ketones is 1. The molecule has 10 atom stereocenters. The van der Waals surface area contributed by atoms with Gasteiger partial charge >= 0.3 is 17.9 Å². The number of furan rings is 1. The maximum Gasteiger partial charge on any atom is 0.339 e. The van der Waals surface area contributed by atoms with E-state index in [0.717, 1.165) is 0 Å². The normalized spacial score (nSPS) is 49.9. The highest BCUT2D eigenvalue weighted by Crippen LogP contribution is 2.79. The summed E-state index contributed by atoms with van der Waals surface area (Å²) in [4.78, 5) is 53.0. The molecular weight excluding hydrogens is 496 g/mol. The van der Waals surface area contributed by atoms with E-state index in [2.05, 4.69) is 0 Å². The molecule has 0 aromatic carbocycles.